The number of benzene rings is 1. The van der Waals surface area contributed by atoms with Crippen molar-refractivity contribution in [3.8, 4) is 0 Å². The van der Waals surface area contributed by atoms with Crippen molar-refractivity contribution < 1.29 is 4.39 Å². The molecule has 2 heteroatoms. The van der Waals surface area contributed by atoms with Crippen LogP contribution in [0.3, 0.4) is 0 Å². The topological polar surface area (TPSA) is 12.0 Å². The first-order valence-electron chi connectivity index (χ1n) is 4.70. The minimum absolute atomic E-state index is 0.131. The molecule has 1 nitrogen and oxygen atoms in total. The average Bonchev–Trinajstić information content (AvgIpc) is 2.46. The number of rotatable bonds is 1. The molecule has 0 saturated heterocycles. The Labute approximate surface area is 78.0 Å². The highest BCUT2D eigenvalue weighted by molar-refractivity contribution is 5.34. The van der Waals surface area contributed by atoms with Gasteiger partial charge in [-0.25, -0.2) is 4.39 Å². The van der Waals surface area contributed by atoms with Crippen LogP contribution in [0.15, 0.2) is 18.2 Å². The van der Waals surface area contributed by atoms with Crippen LogP contribution in [0.2, 0.25) is 0 Å². The molecule has 1 heterocycles. The molecular weight excluding hydrogens is 165 g/mol. The summed E-state index contributed by atoms with van der Waals surface area (Å²) in [5, 5.41) is 3.38. The summed E-state index contributed by atoms with van der Waals surface area (Å²) in [6.45, 7) is 5.17. The van der Waals surface area contributed by atoms with Gasteiger partial charge in [0.2, 0.25) is 0 Å². The summed E-state index contributed by atoms with van der Waals surface area (Å²) in [5.74, 6) is 0.385. The predicted molar refractivity (Wildman–Crippen MR) is 50.8 cm³/mol. The van der Waals surface area contributed by atoms with Crippen LogP contribution in [0.4, 0.5) is 4.39 Å². The van der Waals surface area contributed by atoms with Gasteiger partial charge in [-0.05, 0) is 29.2 Å². The van der Waals surface area contributed by atoms with Crippen molar-refractivity contribution in [1.82, 2.24) is 5.32 Å². The van der Waals surface area contributed by atoms with Gasteiger partial charge >= 0.3 is 0 Å². The van der Waals surface area contributed by atoms with Crippen LogP contribution in [0, 0.1) is 11.7 Å². The van der Waals surface area contributed by atoms with Gasteiger partial charge in [0.15, 0.2) is 0 Å². The van der Waals surface area contributed by atoms with E-state index in [1.807, 2.05) is 6.07 Å². The molecule has 1 aliphatic rings. The second-order valence-electron chi connectivity index (χ2n) is 3.95. The Morgan fingerprint density at radius 2 is 2.23 bits per heavy atom. The Morgan fingerprint density at radius 1 is 1.46 bits per heavy atom. The van der Waals surface area contributed by atoms with E-state index in [2.05, 4.69) is 19.2 Å². The summed E-state index contributed by atoms with van der Waals surface area (Å²) in [6.07, 6.45) is 0. The Kier molecular flexibility index (Phi) is 2.08. The van der Waals surface area contributed by atoms with E-state index in [1.165, 1.54) is 11.6 Å². The molecule has 1 N–H and O–H groups in total. The molecule has 1 atom stereocenters. The number of fused-ring (bicyclic) bond motifs is 1. The van der Waals surface area contributed by atoms with Crippen LogP contribution in [0.5, 0.6) is 0 Å². The Bertz CT molecular complexity index is 320. The van der Waals surface area contributed by atoms with E-state index < -0.39 is 0 Å². The van der Waals surface area contributed by atoms with Crippen molar-refractivity contribution in [2.75, 3.05) is 0 Å². The fraction of sp³-hybridized carbons (Fsp3) is 0.455. The number of halogens is 1. The second-order valence-corrected chi connectivity index (χ2v) is 3.95. The van der Waals surface area contributed by atoms with Gasteiger partial charge in [0.05, 0.1) is 0 Å². The highest BCUT2D eigenvalue weighted by atomic mass is 19.1. The normalized spacial score (nSPS) is 20.8. The molecule has 0 amide bonds. The van der Waals surface area contributed by atoms with E-state index in [9.17, 15) is 4.39 Å². The van der Waals surface area contributed by atoms with Crippen LogP contribution >= 0.6 is 0 Å². The van der Waals surface area contributed by atoms with Crippen LogP contribution in [0.1, 0.15) is 31.0 Å². The Balaban J connectivity index is 2.40. The van der Waals surface area contributed by atoms with Crippen molar-refractivity contribution in [1.29, 1.82) is 0 Å². The molecular formula is C11H14FN. The molecule has 13 heavy (non-hydrogen) atoms. The quantitative estimate of drug-likeness (QED) is 0.698. The smallest absolute Gasteiger partial charge is 0.123 e. The molecule has 0 saturated carbocycles. The third-order valence-corrected chi connectivity index (χ3v) is 2.62. The van der Waals surface area contributed by atoms with Gasteiger partial charge in [-0.2, -0.15) is 0 Å². The van der Waals surface area contributed by atoms with E-state index in [-0.39, 0.29) is 5.82 Å². The summed E-state index contributed by atoms with van der Waals surface area (Å²) >= 11 is 0. The van der Waals surface area contributed by atoms with Crippen molar-refractivity contribution in [3.05, 3.63) is 35.1 Å². The van der Waals surface area contributed by atoms with E-state index >= 15 is 0 Å². The molecule has 2 rings (SSSR count). The van der Waals surface area contributed by atoms with Gasteiger partial charge in [-0.3, -0.25) is 0 Å². The van der Waals surface area contributed by atoms with Gasteiger partial charge in [-0.1, -0.05) is 19.9 Å². The zero-order valence-corrected chi connectivity index (χ0v) is 7.97. The van der Waals surface area contributed by atoms with Crippen molar-refractivity contribution in [2.45, 2.75) is 26.4 Å². The first kappa shape index (κ1) is 8.70. The number of hydrogen-bond acceptors (Lipinski definition) is 1. The zero-order chi connectivity index (χ0) is 9.42. The van der Waals surface area contributed by atoms with E-state index in [1.54, 1.807) is 6.07 Å². The largest absolute Gasteiger partial charge is 0.306 e. The first-order chi connectivity index (χ1) is 6.18. The molecule has 70 valence electrons. The fourth-order valence-corrected chi connectivity index (χ4v) is 1.94. The molecule has 0 fully saturated rings. The molecule has 0 aliphatic carbocycles. The van der Waals surface area contributed by atoms with Crippen molar-refractivity contribution in [2.24, 2.45) is 5.92 Å². The SMILES string of the molecule is CC(C)C1NCc2ccc(F)cc21. The third kappa shape index (κ3) is 1.46. The van der Waals surface area contributed by atoms with Crippen LogP contribution < -0.4 is 5.32 Å². The van der Waals surface area contributed by atoms with Gasteiger partial charge in [0, 0.05) is 12.6 Å². The fourth-order valence-electron chi connectivity index (χ4n) is 1.94. The predicted octanol–water partition coefficient (Wildman–Crippen LogP) is 2.63. The lowest BCUT2D eigenvalue weighted by atomic mass is 9.96. The highest BCUT2D eigenvalue weighted by Gasteiger charge is 2.24. The molecule has 0 radical (unpaired) electrons. The van der Waals surface area contributed by atoms with Gasteiger partial charge < -0.3 is 5.32 Å². The highest BCUT2D eigenvalue weighted by Crippen LogP contribution is 2.30. The van der Waals surface area contributed by atoms with E-state index in [0.717, 1.165) is 12.1 Å². The van der Waals surface area contributed by atoms with E-state index in [4.69, 9.17) is 0 Å². The monoisotopic (exact) mass is 179 g/mol. The summed E-state index contributed by atoms with van der Waals surface area (Å²) in [4.78, 5) is 0. The molecule has 0 aromatic heterocycles. The Hall–Kier alpha value is -0.890. The minimum Gasteiger partial charge on any atom is -0.306 e. The van der Waals surface area contributed by atoms with Gasteiger partial charge in [-0.15, -0.1) is 0 Å². The molecule has 1 aromatic rings. The Morgan fingerprint density at radius 3 is 2.92 bits per heavy atom. The summed E-state index contributed by atoms with van der Waals surface area (Å²) in [5.41, 5.74) is 2.37. The summed E-state index contributed by atoms with van der Waals surface area (Å²) in [6, 6.07) is 5.38. The minimum atomic E-state index is -0.131. The lowest BCUT2D eigenvalue weighted by molar-refractivity contribution is 0.440. The third-order valence-electron chi connectivity index (χ3n) is 2.62. The average molecular weight is 179 g/mol. The van der Waals surface area contributed by atoms with Crippen molar-refractivity contribution >= 4 is 0 Å². The van der Waals surface area contributed by atoms with E-state index in [0.29, 0.717) is 12.0 Å². The maximum Gasteiger partial charge on any atom is 0.123 e. The summed E-state index contributed by atoms with van der Waals surface area (Å²) in [7, 11) is 0. The summed E-state index contributed by atoms with van der Waals surface area (Å²) < 4.78 is 13.0. The van der Waals surface area contributed by atoms with Crippen LogP contribution in [0.25, 0.3) is 0 Å². The molecule has 1 aromatic carbocycles. The zero-order valence-electron chi connectivity index (χ0n) is 7.97. The molecule has 1 unspecified atom stereocenters. The van der Waals surface area contributed by atoms with Gasteiger partial charge in [0.1, 0.15) is 5.82 Å². The van der Waals surface area contributed by atoms with Crippen LogP contribution in [-0.2, 0) is 6.54 Å². The lowest BCUT2D eigenvalue weighted by Crippen LogP contribution is -2.17. The van der Waals surface area contributed by atoms with Gasteiger partial charge in [0.25, 0.3) is 0 Å². The van der Waals surface area contributed by atoms with Crippen molar-refractivity contribution in [3.63, 3.8) is 0 Å². The van der Waals surface area contributed by atoms with Crippen LogP contribution in [-0.4, -0.2) is 0 Å². The molecule has 1 aliphatic heterocycles. The first-order valence-corrected chi connectivity index (χ1v) is 4.70. The standard InChI is InChI=1S/C11H14FN/c1-7(2)11-10-5-9(12)4-3-8(10)6-13-11/h3-5,7,11,13H,6H2,1-2H3. The molecule has 0 bridgehead atoms. The maximum atomic E-state index is 13.0. The lowest BCUT2D eigenvalue weighted by Gasteiger charge is -2.15. The number of hydrogen-bond donors (Lipinski definition) is 1. The number of nitrogens with one attached hydrogen (secondary N) is 1. The molecule has 0 spiro atoms. The second kappa shape index (κ2) is 3.11. The maximum absolute atomic E-state index is 13.0.